The molecule has 2 nitrogen and oxygen atoms in total. The Bertz CT molecular complexity index is 430. The minimum atomic E-state index is -4.29. The van der Waals surface area contributed by atoms with E-state index in [9.17, 15) is 13.2 Å². The molecule has 0 radical (unpaired) electrons. The molecule has 0 spiro atoms. The van der Waals surface area contributed by atoms with Gasteiger partial charge in [0.2, 0.25) is 0 Å². The monoisotopic (exact) mass is 301 g/mol. The zero-order valence-corrected chi connectivity index (χ0v) is 12.2. The fourth-order valence-electron chi connectivity index (χ4n) is 2.79. The van der Waals surface area contributed by atoms with E-state index in [1.165, 1.54) is 37.8 Å². The second-order valence-corrected chi connectivity index (χ2v) is 5.79. The van der Waals surface area contributed by atoms with Gasteiger partial charge in [-0.3, -0.25) is 0 Å². The largest absolute Gasteiger partial charge is 0.492 e. The second kappa shape index (κ2) is 7.16. The van der Waals surface area contributed by atoms with Gasteiger partial charge in [-0.2, -0.15) is 13.2 Å². The molecule has 21 heavy (non-hydrogen) atoms. The van der Waals surface area contributed by atoms with E-state index in [0.717, 1.165) is 24.6 Å². The minimum Gasteiger partial charge on any atom is -0.492 e. The molecule has 5 heteroatoms. The van der Waals surface area contributed by atoms with Gasteiger partial charge in [-0.25, -0.2) is 0 Å². The molecule has 1 aromatic rings. The third-order valence-electron chi connectivity index (χ3n) is 3.92. The quantitative estimate of drug-likeness (QED) is 0.821. The fraction of sp³-hybridized carbons (Fsp3) is 0.625. The standard InChI is InChI=1S/C16H22F3NO/c1-12-3-2-4-14(11-12)20-9-10-21-15-7-5-13(6-8-15)16(17,18)19/h5-8,12,14,20H,2-4,9-11H2,1H3. The number of benzene rings is 1. The Morgan fingerprint density at radius 2 is 1.90 bits per heavy atom. The number of alkyl halides is 3. The van der Waals surface area contributed by atoms with Gasteiger partial charge in [0.1, 0.15) is 12.4 Å². The first-order valence-corrected chi connectivity index (χ1v) is 7.48. The van der Waals surface area contributed by atoms with Gasteiger partial charge in [-0.15, -0.1) is 0 Å². The van der Waals surface area contributed by atoms with Gasteiger partial charge in [-0.05, 0) is 43.0 Å². The lowest BCUT2D eigenvalue weighted by Crippen LogP contribution is -2.36. The Labute approximate surface area is 123 Å². The van der Waals surface area contributed by atoms with Crippen LogP contribution in [0.4, 0.5) is 13.2 Å². The van der Waals surface area contributed by atoms with Crippen LogP contribution in [-0.4, -0.2) is 19.2 Å². The number of hydrogen-bond acceptors (Lipinski definition) is 2. The van der Waals surface area contributed by atoms with Crippen molar-refractivity contribution in [2.45, 2.75) is 44.8 Å². The maximum atomic E-state index is 12.4. The van der Waals surface area contributed by atoms with Crippen molar-refractivity contribution in [2.24, 2.45) is 5.92 Å². The van der Waals surface area contributed by atoms with Crippen LogP contribution >= 0.6 is 0 Å². The van der Waals surface area contributed by atoms with E-state index in [2.05, 4.69) is 12.2 Å². The van der Waals surface area contributed by atoms with Gasteiger partial charge in [0.25, 0.3) is 0 Å². The molecule has 1 aromatic carbocycles. The average Bonchev–Trinajstić information content (AvgIpc) is 2.43. The highest BCUT2D eigenvalue weighted by Crippen LogP contribution is 2.30. The lowest BCUT2D eigenvalue weighted by molar-refractivity contribution is -0.137. The first-order chi connectivity index (χ1) is 9.95. The third-order valence-corrected chi connectivity index (χ3v) is 3.92. The molecular weight excluding hydrogens is 279 g/mol. The Balaban J connectivity index is 1.69. The van der Waals surface area contributed by atoms with Crippen molar-refractivity contribution in [2.75, 3.05) is 13.2 Å². The van der Waals surface area contributed by atoms with Gasteiger partial charge in [0.05, 0.1) is 5.56 Å². The van der Waals surface area contributed by atoms with Gasteiger partial charge >= 0.3 is 6.18 Å². The number of rotatable bonds is 5. The first-order valence-electron chi connectivity index (χ1n) is 7.48. The van der Waals surface area contributed by atoms with Gasteiger partial charge < -0.3 is 10.1 Å². The van der Waals surface area contributed by atoms with Crippen LogP contribution in [0.5, 0.6) is 5.75 Å². The number of hydrogen-bond donors (Lipinski definition) is 1. The van der Waals surface area contributed by atoms with Gasteiger partial charge in [0.15, 0.2) is 0 Å². The molecule has 1 fully saturated rings. The van der Waals surface area contributed by atoms with Crippen LogP contribution in [0.2, 0.25) is 0 Å². The minimum absolute atomic E-state index is 0.468. The predicted molar refractivity (Wildman–Crippen MR) is 76.4 cm³/mol. The highest BCUT2D eigenvalue weighted by molar-refractivity contribution is 5.28. The molecule has 118 valence electrons. The maximum absolute atomic E-state index is 12.4. The van der Waals surface area contributed by atoms with Gasteiger partial charge in [0, 0.05) is 12.6 Å². The maximum Gasteiger partial charge on any atom is 0.416 e. The molecule has 0 amide bonds. The predicted octanol–water partition coefficient (Wildman–Crippen LogP) is 4.25. The molecule has 2 atom stereocenters. The molecule has 1 saturated carbocycles. The van der Waals surface area contributed by atoms with Crippen molar-refractivity contribution in [3.63, 3.8) is 0 Å². The van der Waals surface area contributed by atoms with Gasteiger partial charge in [-0.1, -0.05) is 19.8 Å². The smallest absolute Gasteiger partial charge is 0.416 e. The van der Waals surface area contributed by atoms with E-state index in [1.54, 1.807) is 0 Å². The molecule has 0 heterocycles. The molecule has 0 saturated heterocycles. The molecule has 2 unspecified atom stereocenters. The summed E-state index contributed by atoms with van der Waals surface area (Å²) in [5.41, 5.74) is -0.649. The van der Waals surface area contributed by atoms with E-state index in [1.807, 2.05) is 0 Å². The number of ether oxygens (including phenoxy) is 1. The van der Waals surface area contributed by atoms with Crippen LogP contribution in [0.25, 0.3) is 0 Å². The van der Waals surface area contributed by atoms with Crippen LogP contribution < -0.4 is 10.1 Å². The van der Waals surface area contributed by atoms with Crippen LogP contribution in [0.15, 0.2) is 24.3 Å². The first kappa shape index (κ1) is 16.1. The number of halogens is 3. The topological polar surface area (TPSA) is 21.3 Å². The summed E-state index contributed by atoms with van der Waals surface area (Å²) >= 11 is 0. The van der Waals surface area contributed by atoms with Crippen LogP contribution in [0.3, 0.4) is 0 Å². The molecule has 1 aliphatic carbocycles. The summed E-state index contributed by atoms with van der Waals surface area (Å²) in [5, 5.41) is 3.45. The zero-order chi connectivity index (χ0) is 15.3. The summed E-state index contributed by atoms with van der Waals surface area (Å²) in [6, 6.07) is 5.37. The molecule has 0 bridgehead atoms. The lowest BCUT2D eigenvalue weighted by atomic mass is 9.87. The third kappa shape index (κ3) is 5.23. The molecule has 1 N–H and O–H groups in total. The van der Waals surface area contributed by atoms with Crippen LogP contribution in [-0.2, 0) is 6.18 Å². The van der Waals surface area contributed by atoms with Crippen LogP contribution in [0.1, 0.15) is 38.2 Å². The second-order valence-electron chi connectivity index (χ2n) is 5.79. The Morgan fingerprint density at radius 1 is 1.19 bits per heavy atom. The average molecular weight is 301 g/mol. The summed E-state index contributed by atoms with van der Waals surface area (Å²) in [7, 11) is 0. The summed E-state index contributed by atoms with van der Waals surface area (Å²) in [4.78, 5) is 0. The molecular formula is C16H22F3NO. The molecule has 0 aliphatic heterocycles. The van der Waals surface area contributed by atoms with Crippen molar-refractivity contribution in [3.8, 4) is 5.75 Å². The Morgan fingerprint density at radius 3 is 2.52 bits per heavy atom. The van der Waals surface area contributed by atoms with E-state index in [0.29, 0.717) is 18.4 Å². The Hall–Kier alpha value is -1.23. The lowest BCUT2D eigenvalue weighted by Gasteiger charge is -2.27. The van der Waals surface area contributed by atoms with E-state index in [-0.39, 0.29) is 0 Å². The highest BCUT2D eigenvalue weighted by Gasteiger charge is 2.30. The number of nitrogens with one attached hydrogen (secondary N) is 1. The fourth-order valence-corrected chi connectivity index (χ4v) is 2.79. The van der Waals surface area contributed by atoms with Crippen molar-refractivity contribution >= 4 is 0 Å². The summed E-state index contributed by atoms with van der Waals surface area (Å²) in [5.74, 6) is 1.24. The normalized spacial score (nSPS) is 23.0. The van der Waals surface area contributed by atoms with Crippen molar-refractivity contribution in [1.29, 1.82) is 0 Å². The SMILES string of the molecule is CC1CCCC(NCCOc2ccc(C(F)(F)F)cc2)C1. The zero-order valence-electron chi connectivity index (χ0n) is 12.2. The summed E-state index contributed by atoms with van der Waals surface area (Å²) in [6.07, 6.45) is 0.668. The molecule has 2 rings (SSSR count). The summed E-state index contributed by atoms with van der Waals surface area (Å²) in [6.45, 7) is 3.46. The molecule has 1 aliphatic rings. The van der Waals surface area contributed by atoms with Crippen molar-refractivity contribution in [3.05, 3.63) is 29.8 Å². The van der Waals surface area contributed by atoms with Crippen molar-refractivity contribution < 1.29 is 17.9 Å². The van der Waals surface area contributed by atoms with E-state index < -0.39 is 11.7 Å². The van der Waals surface area contributed by atoms with Crippen molar-refractivity contribution in [1.82, 2.24) is 5.32 Å². The highest BCUT2D eigenvalue weighted by atomic mass is 19.4. The van der Waals surface area contributed by atoms with E-state index in [4.69, 9.17) is 4.74 Å². The Kier molecular flexibility index (Phi) is 5.51. The van der Waals surface area contributed by atoms with Crippen LogP contribution in [0, 0.1) is 5.92 Å². The van der Waals surface area contributed by atoms with E-state index >= 15 is 0 Å². The molecule has 0 aromatic heterocycles. The summed E-state index contributed by atoms with van der Waals surface area (Å²) < 4.78 is 42.7.